The molecule has 2 amide bonds. The number of piperidine rings is 1. The third-order valence-corrected chi connectivity index (χ3v) is 6.52. The fourth-order valence-electron chi connectivity index (χ4n) is 4.86. The lowest BCUT2D eigenvalue weighted by Gasteiger charge is -2.34. The molecule has 1 aromatic carbocycles. The molecule has 0 bridgehead atoms. The third-order valence-electron chi connectivity index (χ3n) is 6.52. The lowest BCUT2D eigenvalue weighted by atomic mass is 9.80. The molecule has 4 rings (SSSR count). The maximum Gasteiger partial charge on any atom is 0.317 e. The number of nitrogens with one attached hydrogen (secondary N) is 1. The number of amides is 2. The van der Waals surface area contributed by atoms with Crippen molar-refractivity contribution in [2.24, 2.45) is 11.3 Å². The van der Waals surface area contributed by atoms with Crippen LogP contribution in [0.3, 0.4) is 0 Å². The standard InChI is InChI=1S/C22H31N5O/c28-21(26-13-8-20(9-14-26)17-27-15-12-24-25-27)23-18-22(10-4-5-11-22)16-19-6-2-1-3-7-19/h1-3,6-7,12,15,20H,4-5,8-11,13-14,16-18H2,(H,23,28). The van der Waals surface area contributed by atoms with Gasteiger partial charge in [0.25, 0.3) is 0 Å². The number of aromatic nitrogens is 3. The number of rotatable bonds is 6. The van der Waals surface area contributed by atoms with Gasteiger partial charge in [0.2, 0.25) is 0 Å². The van der Waals surface area contributed by atoms with Crippen LogP contribution in [0.25, 0.3) is 0 Å². The molecule has 1 aromatic heterocycles. The van der Waals surface area contributed by atoms with Gasteiger partial charge in [0.05, 0.1) is 6.20 Å². The van der Waals surface area contributed by atoms with E-state index in [9.17, 15) is 4.79 Å². The highest BCUT2D eigenvalue weighted by Crippen LogP contribution is 2.40. The van der Waals surface area contributed by atoms with Crippen molar-refractivity contribution in [2.75, 3.05) is 19.6 Å². The average molecular weight is 382 g/mol. The Morgan fingerprint density at radius 3 is 2.57 bits per heavy atom. The molecule has 2 aromatic rings. The van der Waals surface area contributed by atoms with E-state index >= 15 is 0 Å². The maximum absolute atomic E-state index is 12.8. The van der Waals surface area contributed by atoms with Crippen LogP contribution in [0, 0.1) is 11.3 Å². The van der Waals surface area contributed by atoms with Crippen molar-refractivity contribution in [1.82, 2.24) is 25.2 Å². The molecule has 6 heteroatoms. The Kier molecular flexibility index (Phi) is 5.93. The average Bonchev–Trinajstić information content (AvgIpc) is 3.40. The topological polar surface area (TPSA) is 63.1 Å². The Balaban J connectivity index is 1.26. The van der Waals surface area contributed by atoms with Crippen molar-refractivity contribution in [1.29, 1.82) is 0 Å². The Morgan fingerprint density at radius 2 is 1.89 bits per heavy atom. The van der Waals surface area contributed by atoms with Crippen LogP contribution in [0.15, 0.2) is 42.7 Å². The van der Waals surface area contributed by atoms with Gasteiger partial charge in [-0.05, 0) is 49.0 Å². The minimum absolute atomic E-state index is 0.110. The molecule has 2 aliphatic rings. The van der Waals surface area contributed by atoms with E-state index in [1.165, 1.54) is 31.2 Å². The quantitative estimate of drug-likeness (QED) is 0.833. The van der Waals surface area contributed by atoms with Crippen molar-refractivity contribution in [3.05, 3.63) is 48.3 Å². The van der Waals surface area contributed by atoms with Crippen LogP contribution in [0.1, 0.15) is 44.1 Å². The molecule has 1 saturated heterocycles. The van der Waals surface area contributed by atoms with Crippen molar-refractivity contribution in [2.45, 2.75) is 51.5 Å². The zero-order chi connectivity index (χ0) is 19.2. The van der Waals surface area contributed by atoms with Crippen LogP contribution in [0.4, 0.5) is 4.79 Å². The second kappa shape index (κ2) is 8.76. The highest BCUT2D eigenvalue weighted by molar-refractivity contribution is 5.74. The molecule has 2 fully saturated rings. The summed E-state index contributed by atoms with van der Waals surface area (Å²) in [5.74, 6) is 0.574. The van der Waals surface area contributed by atoms with Crippen LogP contribution >= 0.6 is 0 Å². The Bertz CT molecular complexity index is 732. The predicted molar refractivity (Wildman–Crippen MR) is 109 cm³/mol. The van der Waals surface area contributed by atoms with Crippen molar-refractivity contribution >= 4 is 6.03 Å². The minimum Gasteiger partial charge on any atom is -0.337 e. The SMILES string of the molecule is O=C(NCC1(Cc2ccccc2)CCCC1)N1CCC(Cn2ccnn2)CC1. The largest absolute Gasteiger partial charge is 0.337 e. The summed E-state index contributed by atoms with van der Waals surface area (Å²) in [5, 5.41) is 11.2. The summed E-state index contributed by atoms with van der Waals surface area (Å²) < 4.78 is 1.90. The lowest BCUT2D eigenvalue weighted by molar-refractivity contribution is 0.158. The van der Waals surface area contributed by atoms with Crippen molar-refractivity contribution < 1.29 is 4.79 Å². The summed E-state index contributed by atoms with van der Waals surface area (Å²) in [6, 6.07) is 10.8. The molecule has 0 spiro atoms. The highest BCUT2D eigenvalue weighted by Gasteiger charge is 2.35. The first-order valence-corrected chi connectivity index (χ1v) is 10.6. The molecule has 0 radical (unpaired) electrons. The Hall–Kier alpha value is -2.37. The molecule has 1 N–H and O–H groups in total. The first-order chi connectivity index (χ1) is 13.7. The smallest absolute Gasteiger partial charge is 0.317 e. The molecule has 150 valence electrons. The van der Waals surface area contributed by atoms with E-state index in [1.54, 1.807) is 6.20 Å². The molecular formula is C22H31N5O. The van der Waals surface area contributed by atoms with Crippen LogP contribution in [0.5, 0.6) is 0 Å². The summed E-state index contributed by atoms with van der Waals surface area (Å²) >= 11 is 0. The Labute approximate surface area is 167 Å². The van der Waals surface area contributed by atoms with Gasteiger partial charge in [-0.2, -0.15) is 0 Å². The zero-order valence-corrected chi connectivity index (χ0v) is 16.6. The van der Waals surface area contributed by atoms with Crippen LogP contribution in [-0.2, 0) is 13.0 Å². The lowest BCUT2D eigenvalue weighted by Crippen LogP contribution is -2.48. The summed E-state index contributed by atoms with van der Waals surface area (Å²) in [6.45, 7) is 3.35. The van der Waals surface area contributed by atoms with Gasteiger partial charge in [0.1, 0.15) is 0 Å². The maximum atomic E-state index is 12.8. The molecule has 2 heterocycles. The van der Waals surface area contributed by atoms with Gasteiger partial charge in [0, 0.05) is 32.4 Å². The van der Waals surface area contributed by atoms with Gasteiger partial charge < -0.3 is 10.2 Å². The van der Waals surface area contributed by atoms with E-state index in [0.29, 0.717) is 5.92 Å². The van der Waals surface area contributed by atoms with E-state index in [2.05, 4.69) is 46.0 Å². The second-order valence-corrected chi connectivity index (χ2v) is 8.58. The van der Waals surface area contributed by atoms with Gasteiger partial charge in [-0.15, -0.1) is 5.10 Å². The predicted octanol–water partition coefficient (Wildman–Crippen LogP) is 3.50. The van der Waals surface area contributed by atoms with Crippen molar-refractivity contribution in [3.63, 3.8) is 0 Å². The van der Waals surface area contributed by atoms with Gasteiger partial charge in [-0.25, -0.2) is 4.79 Å². The van der Waals surface area contributed by atoms with E-state index in [0.717, 1.165) is 45.4 Å². The monoisotopic (exact) mass is 381 g/mol. The number of carbonyl (C=O) groups excluding carboxylic acids is 1. The first-order valence-electron chi connectivity index (χ1n) is 10.6. The van der Waals surface area contributed by atoms with Gasteiger partial charge in [-0.3, -0.25) is 4.68 Å². The minimum atomic E-state index is 0.110. The summed E-state index contributed by atoms with van der Waals surface area (Å²) in [6.07, 6.45) is 11.7. The fraction of sp³-hybridized carbons (Fsp3) is 0.591. The number of nitrogens with zero attached hydrogens (tertiary/aromatic N) is 4. The number of hydrogen-bond donors (Lipinski definition) is 1. The highest BCUT2D eigenvalue weighted by atomic mass is 16.2. The van der Waals surface area contributed by atoms with E-state index in [4.69, 9.17) is 0 Å². The molecule has 0 atom stereocenters. The summed E-state index contributed by atoms with van der Waals surface area (Å²) in [4.78, 5) is 14.7. The first kappa shape index (κ1) is 19.0. The number of carbonyl (C=O) groups is 1. The molecule has 1 aliphatic carbocycles. The molecule has 1 aliphatic heterocycles. The molecule has 28 heavy (non-hydrogen) atoms. The van der Waals surface area contributed by atoms with E-state index < -0.39 is 0 Å². The van der Waals surface area contributed by atoms with Gasteiger partial charge >= 0.3 is 6.03 Å². The van der Waals surface area contributed by atoms with E-state index in [-0.39, 0.29) is 11.4 Å². The second-order valence-electron chi connectivity index (χ2n) is 8.58. The summed E-state index contributed by atoms with van der Waals surface area (Å²) in [7, 11) is 0. The van der Waals surface area contributed by atoms with Crippen LogP contribution in [0.2, 0.25) is 0 Å². The molecular weight excluding hydrogens is 350 g/mol. The van der Waals surface area contributed by atoms with Crippen LogP contribution in [-0.4, -0.2) is 45.6 Å². The normalized spacial score (nSPS) is 19.6. The number of hydrogen-bond acceptors (Lipinski definition) is 3. The Morgan fingerprint density at radius 1 is 1.14 bits per heavy atom. The molecule has 1 saturated carbocycles. The number of likely N-dealkylation sites (tertiary alicyclic amines) is 1. The van der Waals surface area contributed by atoms with Crippen LogP contribution < -0.4 is 5.32 Å². The van der Waals surface area contributed by atoms with Crippen molar-refractivity contribution in [3.8, 4) is 0 Å². The van der Waals surface area contributed by atoms with Gasteiger partial charge in [0.15, 0.2) is 0 Å². The number of urea groups is 1. The fourth-order valence-corrected chi connectivity index (χ4v) is 4.86. The summed E-state index contributed by atoms with van der Waals surface area (Å²) in [5.41, 5.74) is 1.61. The number of benzene rings is 1. The van der Waals surface area contributed by atoms with Gasteiger partial charge in [-0.1, -0.05) is 48.4 Å². The van der Waals surface area contributed by atoms with E-state index in [1.807, 2.05) is 15.8 Å². The molecule has 0 unspecified atom stereocenters. The molecule has 6 nitrogen and oxygen atoms in total. The zero-order valence-electron chi connectivity index (χ0n) is 16.6. The third kappa shape index (κ3) is 4.72.